The maximum Gasteiger partial charge on any atom is 0.241 e. The van der Waals surface area contributed by atoms with Gasteiger partial charge in [-0.25, -0.2) is 22.0 Å². The first kappa shape index (κ1) is 16.2. The molecule has 0 aromatic heterocycles. The van der Waals surface area contributed by atoms with Crippen molar-refractivity contribution in [2.45, 2.75) is 11.8 Å². The van der Waals surface area contributed by atoms with Crippen LogP contribution in [0.5, 0.6) is 5.75 Å². The Labute approximate surface area is 117 Å². The summed E-state index contributed by atoms with van der Waals surface area (Å²) in [5.41, 5.74) is 0. The minimum atomic E-state index is -3.99. The Bertz CT molecular complexity index is 654. The molecule has 0 atom stereocenters. The zero-order valence-corrected chi connectivity index (χ0v) is 12.6. The molecule has 1 rings (SSSR count). The highest BCUT2D eigenvalue weighted by Gasteiger charge is 2.16. The molecular weight excluding hydrogens is 314 g/mol. The first-order chi connectivity index (χ1) is 8.65. The quantitative estimate of drug-likeness (QED) is 0.832. The van der Waals surface area contributed by atoms with Crippen molar-refractivity contribution in [3.05, 3.63) is 23.2 Å². The lowest BCUT2D eigenvalue weighted by Crippen LogP contribution is -2.18. The summed E-state index contributed by atoms with van der Waals surface area (Å²) in [6.45, 7) is 1.37. The fraction of sp³-hybridized carbons (Fsp3) is 0.400. The molecule has 2 N–H and O–H groups in total. The van der Waals surface area contributed by atoms with Crippen molar-refractivity contribution >= 4 is 31.5 Å². The van der Waals surface area contributed by atoms with Crippen LogP contribution >= 0.6 is 11.6 Å². The normalized spacial score (nSPS) is 12.4. The molecule has 1 aromatic carbocycles. The predicted octanol–water partition coefficient (Wildman–Crippen LogP) is 0.801. The van der Waals surface area contributed by atoms with Gasteiger partial charge in [-0.3, -0.25) is 0 Å². The minimum absolute atomic E-state index is 0.000970. The second kappa shape index (κ2) is 6.08. The van der Waals surface area contributed by atoms with Gasteiger partial charge in [-0.1, -0.05) is 18.5 Å². The van der Waals surface area contributed by atoms with Crippen LogP contribution < -0.4 is 9.88 Å². The molecule has 1 aromatic rings. The Morgan fingerprint density at radius 1 is 1.26 bits per heavy atom. The maximum absolute atomic E-state index is 11.3. The van der Waals surface area contributed by atoms with E-state index in [9.17, 15) is 16.8 Å². The zero-order valence-electron chi connectivity index (χ0n) is 10.2. The Morgan fingerprint density at radius 2 is 1.89 bits per heavy atom. The summed E-state index contributed by atoms with van der Waals surface area (Å²) in [7, 11) is -7.16. The smallest absolute Gasteiger partial charge is 0.241 e. The Morgan fingerprint density at radius 3 is 2.42 bits per heavy atom. The lowest BCUT2D eigenvalue weighted by Gasteiger charge is -2.10. The van der Waals surface area contributed by atoms with Crippen molar-refractivity contribution in [1.82, 2.24) is 0 Å². The highest BCUT2D eigenvalue weighted by atomic mass is 35.5. The largest absolute Gasteiger partial charge is 0.491 e. The molecule has 0 aliphatic carbocycles. The molecule has 6 nitrogen and oxygen atoms in total. The molecule has 0 saturated heterocycles. The summed E-state index contributed by atoms with van der Waals surface area (Å²) in [6, 6.07) is 3.92. The molecule has 0 heterocycles. The van der Waals surface area contributed by atoms with Crippen LogP contribution in [0.25, 0.3) is 0 Å². The third kappa shape index (κ3) is 4.98. The number of hydrogen-bond acceptors (Lipinski definition) is 5. The average molecular weight is 328 g/mol. The molecule has 9 heteroatoms. The van der Waals surface area contributed by atoms with Gasteiger partial charge >= 0.3 is 0 Å². The van der Waals surface area contributed by atoms with Crippen LogP contribution in [-0.4, -0.2) is 34.9 Å². The fourth-order valence-electron chi connectivity index (χ4n) is 1.25. The van der Waals surface area contributed by atoms with Gasteiger partial charge in [0.05, 0.1) is 5.75 Å². The van der Waals surface area contributed by atoms with Crippen molar-refractivity contribution in [2.24, 2.45) is 5.14 Å². The van der Waals surface area contributed by atoms with Gasteiger partial charge in [0.2, 0.25) is 10.0 Å². The summed E-state index contributed by atoms with van der Waals surface area (Å²) >= 11 is 5.68. The number of hydrogen-bond donors (Lipinski definition) is 1. The van der Waals surface area contributed by atoms with Crippen molar-refractivity contribution in [3.63, 3.8) is 0 Å². The SMILES string of the molecule is CCS(=O)(=O)CCOc1ccc(Cl)cc1S(N)(=O)=O. The molecule has 0 aliphatic heterocycles. The van der Waals surface area contributed by atoms with Crippen LogP contribution in [0.3, 0.4) is 0 Å². The number of sulfone groups is 1. The summed E-state index contributed by atoms with van der Waals surface area (Å²) in [5.74, 6) is -0.215. The van der Waals surface area contributed by atoms with Crippen LogP contribution in [-0.2, 0) is 19.9 Å². The van der Waals surface area contributed by atoms with E-state index < -0.39 is 19.9 Å². The standard InChI is InChI=1S/C10H14ClNO5S2/c1-2-18(13,14)6-5-17-9-4-3-8(11)7-10(9)19(12,15)16/h3-4,7H,2,5-6H2,1H3,(H2,12,15,16). The zero-order chi connectivity index (χ0) is 14.7. The lowest BCUT2D eigenvalue weighted by molar-refractivity contribution is 0.332. The number of nitrogens with two attached hydrogens (primary N) is 1. The van der Waals surface area contributed by atoms with Gasteiger partial charge in [-0.2, -0.15) is 0 Å². The van der Waals surface area contributed by atoms with E-state index in [2.05, 4.69) is 0 Å². The van der Waals surface area contributed by atoms with Gasteiger partial charge in [0.15, 0.2) is 9.84 Å². The van der Waals surface area contributed by atoms with Gasteiger partial charge in [0.25, 0.3) is 0 Å². The Balaban J connectivity index is 2.91. The van der Waals surface area contributed by atoms with E-state index in [1.165, 1.54) is 19.1 Å². The summed E-state index contributed by atoms with van der Waals surface area (Å²) < 4.78 is 50.4. The third-order valence-electron chi connectivity index (χ3n) is 2.30. The number of rotatable bonds is 6. The molecule has 0 unspecified atom stereocenters. The molecule has 0 bridgehead atoms. The van der Waals surface area contributed by atoms with Gasteiger partial charge in [0.1, 0.15) is 17.3 Å². The van der Waals surface area contributed by atoms with Crippen LogP contribution in [0.2, 0.25) is 5.02 Å². The van der Waals surface area contributed by atoms with Crippen LogP contribution in [0, 0.1) is 0 Å². The van der Waals surface area contributed by atoms with E-state index in [0.29, 0.717) is 0 Å². The fourth-order valence-corrected chi connectivity index (χ4v) is 2.81. The van der Waals surface area contributed by atoms with Crippen LogP contribution in [0.15, 0.2) is 23.1 Å². The van der Waals surface area contributed by atoms with Crippen molar-refractivity contribution in [3.8, 4) is 5.75 Å². The molecule has 0 radical (unpaired) electrons. The summed E-state index contributed by atoms with van der Waals surface area (Å²) in [4.78, 5) is -0.270. The van der Waals surface area contributed by atoms with E-state index in [-0.39, 0.29) is 33.8 Å². The summed E-state index contributed by atoms with van der Waals surface area (Å²) in [5, 5.41) is 5.22. The lowest BCUT2D eigenvalue weighted by atomic mass is 10.3. The predicted molar refractivity (Wildman–Crippen MR) is 72.6 cm³/mol. The highest BCUT2D eigenvalue weighted by molar-refractivity contribution is 7.91. The van der Waals surface area contributed by atoms with Gasteiger partial charge in [-0.05, 0) is 18.2 Å². The van der Waals surface area contributed by atoms with Crippen molar-refractivity contribution in [2.75, 3.05) is 18.1 Å². The van der Waals surface area contributed by atoms with Crippen molar-refractivity contribution in [1.29, 1.82) is 0 Å². The van der Waals surface area contributed by atoms with Crippen molar-refractivity contribution < 1.29 is 21.6 Å². The van der Waals surface area contributed by atoms with Crippen LogP contribution in [0.1, 0.15) is 6.92 Å². The molecule has 0 amide bonds. The minimum Gasteiger partial charge on any atom is -0.491 e. The number of primary sulfonamides is 1. The molecule has 19 heavy (non-hydrogen) atoms. The maximum atomic E-state index is 11.3. The molecular formula is C10H14ClNO5S2. The third-order valence-corrected chi connectivity index (χ3v) is 5.14. The van der Waals surface area contributed by atoms with Gasteiger partial charge in [0, 0.05) is 10.8 Å². The first-order valence-corrected chi connectivity index (χ1v) is 9.06. The number of halogens is 1. The molecule has 0 fully saturated rings. The molecule has 108 valence electrons. The van der Waals surface area contributed by atoms with E-state index in [1.807, 2.05) is 0 Å². The van der Waals surface area contributed by atoms with E-state index in [0.717, 1.165) is 6.07 Å². The number of sulfonamides is 1. The van der Waals surface area contributed by atoms with Gasteiger partial charge in [-0.15, -0.1) is 0 Å². The molecule has 0 spiro atoms. The van der Waals surface area contributed by atoms with Gasteiger partial charge < -0.3 is 4.74 Å². The monoisotopic (exact) mass is 327 g/mol. The first-order valence-electron chi connectivity index (χ1n) is 5.31. The topological polar surface area (TPSA) is 104 Å². The molecule has 0 aliphatic rings. The Kier molecular flexibility index (Phi) is 5.19. The average Bonchev–Trinajstić information content (AvgIpc) is 2.29. The second-order valence-corrected chi connectivity index (χ2v) is 8.16. The number of benzene rings is 1. The van der Waals surface area contributed by atoms with Crippen LogP contribution in [0.4, 0.5) is 0 Å². The summed E-state index contributed by atoms with van der Waals surface area (Å²) in [6.07, 6.45) is 0. The molecule has 0 saturated carbocycles. The van der Waals surface area contributed by atoms with E-state index in [4.69, 9.17) is 21.5 Å². The van der Waals surface area contributed by atoms with E-state index in [1.54, 1.807) is 0 Å². The van der Waals surface area contributed by atoms with E-state index >= 15 is 0 Å². The second-order valence-electron chi connectivity index (χ2n) is 3.72. The Hall–Kier alpha value is -0.830. The number of ether oxygens (including phenoxy) is 1. The highest BCUT2D eigenvalue weighted by Crippen LogP contribution is 2.26.